The van der Waals surface area contributed by atoms with Gasteiger partial charge in [0.05, 0.1) is 48.2 Å². The molecule has 1 heterocycles. The van der Waals surface area contributed by atoms with E-state index in [4.69, 9.17) is 37.4 Å². The summed E-state index contributed by atoms with van der Waals surface area (Å²) in [4.78, 5) is 27.3. The Morgan fingerprint density at radius 2 is 1.67 bits per heavy atom. The maximum absolute atomic E-state index is 13.3. The Bertz CT molecular complexity index is 1090. The van der Waals surface area contributed by atoms with Crippen LogP contribution < -0.4 is 14.4 Å². The van der Waals surface area contributed by atoms with Crippen LogP contribution in [-0.4, -0.2) is 33.2 Å². The van der Waals surface area contributed by atoms with Gasteiger partial charge in [0, 0.05) is 11.8 Å². The van der Waals surface area contributed by atoms with Crippen molar-refractivity contribution in [3.63, 3.8) is 0 Å². The number of benzene rings is 2. The number of ether oxygens (including phenoxy) is 3. The van der Waals surface area contributed by atoms with Crippen molar-refractivity contribution >= 4 is 46.8 Å². The average Bonchev–Trinajstić information content (AvgIpc) is 2.99. The number of rotatable bonds is 5. The van der Waals surface area contributed by atoms with Crippen LogP contribution in [0.4, 0.5) is 5.69 Å². The number of methoxy groups -OCH3 is 3. The number of amides is 1. The zero-order chi connectivity index (χ0) is 22.0. The standard InChI is InChI=1S/C22H19Cl2NO5/c1-12-20(22(27)30-4)15(9-13-5-7-16(23)17(24)10-13)21(26)25(12)14-6-8-18(28-2)19(11-14)29-3/h5-11H,1-4H3/b15-9-. The van der Waals surface area contributed by atoms with E-state index in [2.05, 4.69) is 0 Å². The van der Waals surface area contributed by atoms with E-state index in [0.29, 0.717) is 38.5 Å². The van der Waals surface area contributed by atoms with Crippen molar-refractivity contribution in [1.29, 1.82) is 0 Å². The fraction of sp³-hybridized carbons (Fsp3) is 0.182. The van der Waals surface area contributed by atoms with Crippen molar-refractivity contribution < 1.29 is 23.8 Å². The molecule has 1 aliphatic heterocycles. The summed E-state index contributed by atoms with van der Waals surface area (Å²) in [6, 6.07) is 10.0. The van der Waals surface area contributed by atoms with Crippen molar-refractivity contribution in [2.45, 2.75) is 6.92 Å². The lowest BCUT2D eigenvalue weighted by atomic mass is 10.0. The molecule has 1 amide bonds. The molecule has 0 bridgehead atoms. The van der Waals surface area contributed by atoms with E-state index in [9.17, 15) is 9.59 Å². The molecule has 0 saturated carbocycles. The third-order valence-corrected chi connectivity index (χ3v) is 5.41. The highest BCUT2D eigenvalue weighted by molar-refractivity contribution is 6.42. The third-order valence-electron chi connectivity index (χ3n) is 4.67. The minimum atomic E-state index is -0.616. The van der Waals surface area contributed by atoms with Gasteiger partial charge in [-0.05, 0) is 42.8 Å². The maximum atomic E-state index is 13.3. The molecule has 0 N–H and O–H groups in total. The summed E-state index contributed by atoms with van der Waals surface area (Å²) in [5, 5.41) is 0.733. The number of carbonyl (C=O) groups excluding carboxylic acids is 2. The lowest BCUT2D eigenvalue weighted by molar-refractivity contribution is -0.136. The van der Waals surface area contributed by atoms with Crippen LogP contribution in [0.3, 0.4) is 0 Å². The van der Waals surface area contributed by atoms with Crippen molar-refractivity contribution in [2.75, 3.05) is 26.2 Å². The smallest absolute Gasteiger partial charge is 0.340 e. The summed E-state index contributed by atoms with van der Waals surface area (Å²) < 4.78 is 15.5. The third kappa shape index (κ3) is 3.88. The molecule has 2 aromatic carbocycles. The number of carbonyl (C=O) groups is 2. The summed E-state index contributed by atoms with van der Waals surface area (Å²) in [6.45, 7) is 1.68. The van der Waals surface area contributed by atoms with Crippen LogP contribution in [0.15, 0.2) is 53.2 Å². The molecule has 0 atom stereocenters. The van der Waals surface area contributed by atoms with Gasteiger partial charge >= 0.3 is 5.97 Å². The Kier molecular flexibility index (Phi) is 6.39. The predicted molar refractivity (Wildman–Crippen MR) is 116 cm³/mol. The van der Waals surface area contributed by atoms with Crippen LogP contribution in [0.2, 0.25) is 10.0 Å². The predicted octanol–water partition coefficient (Wildman–Crippen LogP) is 4.89. The Hall–Kier alpha value is -2.96. The summed E-state index contributed by atoms with van der Waals surface area (Å²) in [5.74, 6) is -0.0206. The molecule has 0 aliphatic carbocycles. The molecular formula is C22H19Cl2NO5. The van der Waals surface area contributed by atoms with Crippen molar-refractivity contribution in [3.8, 4) is 11.5 Å². The Labute approximate surface area is 184 Å². The second-order valence-electron chi connectivity index (χ2n) is 6.36. The first-order valence-corrected chi connectivity index (χ1v) is 9.60. The molecule has 8 heteroatoms. The Morgan fingerprint density at radius 3 is 2.27 bits per heavy atom. The van der Waals surface area contributed by atoms with Crippen LogP contribution in [-0.2, 0) is 14.3 Å². The first-order valence-electron chi connectivity index (χ1n) is 8.85. The number of hydrogen-bond donors (Lipinski definition) is 0. The van der Waals surface area contributed by atoms with E-state index in [0.717, 1.165) is 0 Å². The van der Waals surface area contributed by atoms with E-state index in [1.807, 2.05) is 0 Å². The van der Waals surface area contributed by atoms with Gasteiger partial charge < -0.3 is 14.2 Å². The Balaban J connectivity index is 2.14. The van der Waals surface area contributed by atoms with Crippen molar-refractivity contribution in [2.24, 2.45) is 0 Å². The number of allylic oxidation sites excluding steroid dienone is 1. The molecule has 30 heavy (non-hydrogen) atoms. The number of esters is 1. The first kappa shape index (κ1) is 21.7. The molecule has 0 spiro atoms. The second-order valence-corrected chi connectivity index (χ2v) is 7.18. The normalized spacial score (nSPS) is 15.1. The lowest BCUT2D eigenvalue weighted by Crippen LogP contribution is -2.24. The molecule has 156 valence electrons. The van der Waals surface area contributed by atoms with E-state index >= 15 is 0 Å². The highest BCUT2D eigenvalue weighted by atomic mass is 35.5. The van der Waals surface area contributed by atoms with Gasteiger partial charge in [0.15, 0.2) is 11.5 Å². The second kappa shape index (κ2) is 8.81. The van der Waals surface area contributed by atoms with Gasteiger partial charge in [-0.3, -0.25) is 9.69 Å². The van der Waals surface area contributed by atoms with Crippen LogP contribution in [0.5, 0.6) is 11.5 Å². The zero-order valence-corrected chi connectivity index (χ0v) is 18.3. The molecule has 0 radical (unpaired) electrons. The van der Waals surface area contributed by atoms with Crippen LogP contribution in [0.1, 0.15) is 12.5 Å². The van der Waals surface area contributed by atoms with Gasteiger partial charge in [0.1, 0.15) is 0 Å². The van der Waals surface area contributed by atoms with Gasteiger partial charge in [-0.2, -0.15) is 0 Å². The van der Waals surface area contributed by atoms with Crippen LogP contribution in [0, 0.1) is 0 Å². The number of anilines is 1. The molecule has 0 unspecified atom stereocenters. The Morgan fingerprint density at radius 1 is 0.967 bits per heavy atom. The number of nitrogens with zero attached hydrogens (tertiary/aromatic N) is 1. The molecule has 0 aromatic heterocycles. The lowest BCUT2D eigenvalue weighted by Gasteiger charge is -2.19. The van der Waals surface area contributed by atoms with Gasteiger partial charge in [-0.15, -0.1) is 0 Å². The summed E-state index contributed by atoms with van der Waals surface area (Å²) in [7, 11) is 4.30. The average molecular weight is 448 g/mol. The fourth-order valence-electron chi connectivity index (χ4n) is 3.22. The molecule has 0 saturated heterocycles. The van der Waals surface area contributed by atoms with Crippen molar-refractivity contribution in [1.82, 2.24) is 0 Å². The molecule has 2 aromatic rings. The molecule has 0 fully saturated rings. The highest BCUT2D eigenvalue weighted by Crippen LogP contribution is 2.39. The van der Waals surface area contributed by atoms with Crippen LogP contribution >= 0.6 is 23.2 Å². The SMILES string of the molecule is COC(=O)C1=C(C)N(c2ccc(OC)c(OC)c2)C(=O)/C1=C\c1ccc(Cl)c(Cl)c1. The molecule has 3 rings (SSSR count). The zero-order valence-electron chi connectivity index (χ0n) is 16.8. The molecule has 6 nitrogen and oxygen atoms in total. The van der Waals surface area contributed by atoms with E-state index < -0.39 is 5.97 Å². The van der Waals surface area contributed by atoms with Crippen LogP contribution in [0.25, 0.3) is 6.08 Å². The highest BCUT2D eigenvalue weighted by Gasteiger charge is 2.38. The summed E-state index contributed by atoms with van der Waals surface area (Å²) >= 11 is 12.1. The first-order chi connectivity index (χ1) is 14.3. The quantitative estimate of drug-likeness (QED) is 0.482. The van der Waals surface area contributed by atoms with Gasteiger partial charge in [0.25, 0.3) is 5.91 Å². The topological polar surface area (TPSA) is 65.1 Å². The minimum Gasteiger partial charge on any atom is -0.493 e. The number of halogens is 2. The largest absolute Gasteiger partial charge is 0.493 e. The van der Waals surface area contributed by atoms with E-state index in [1.54, 1.807) is 49.4 Å². The number of hydrogen-bond acceptors (Lipinski definition) is 5. The monoisotopic (exact) mass is 447 g/mol. The van der Waals surface area contributed by atoms with Gasteiger partial charge in [-0.25, -0.2) is 4.79 Å². The molecule has 1 aliphatic rings. The van der Waals surface area contributed by atoms with Gasteiger partial charge in [0.2, 0.25) is 0 Å². The van der Waals surface area contributed by atoms with E-state index in [-0.39, 0.29) is 17.1 Å². The summed E-state index contributed by atoms with van der Waals surface area (Å²) in [5.41, 5.74) is 1.94. The minimum absolute atomic E-state index is 0.170. The fourth-order valence-corrected chi connectivity index (χ4v) is 3.53. The maximum Gasteiger partial charge on any atom is 0.340 e. The van der Waals surface area contributed by atoms with Gasteiger partial charge in [-0.1, -0.05) is 29.3 Å². The van der Waals surface area contributed by atoms with Crippen molar-refractivity contribution in [3.05, 3.63) is 68.9 Å². The molecular weight excluding hydrogens is 429 g/mol. The summed E-state index contributed by atoms with van der Waals surface area (Å²) in [6.07, 6.45) is 1.58. The van der Waals surface area contributed by atoms with E-state index in [1.165, 1.54) is 26.2 Å².